The van der Waals surface area contributed by atoms with Gasteiger partial charge in [0, 0.05) is 21.3 Å². The zero-order valence-corrected chi connectivity index (χ0v) is 21.9. The number of hydrogen-bond donors (Lipinski definition) is 1. The van der Waals surface area contributed by atoms with Crippen molar-refractivity contribution in [2.24, 2.45) is 0 Å². The van der Waals surface area contributed by atoms with Gasteiger partial charge in [0.05, 0.1) is 17.8 Å². The topological polar surface area (TPSA) is 80.6 Å². The Morgan fingerprint density at radius 2 is 1.82 bits per heavy atom. The maximum Gasteiger partial charge on any atom is 0.266 e. The van der Waals surface area contributed by atoms with E-state index in [4.69, 9.17) is 37.4 Å². The highest BCUT2D eigenvalue weighted by molar-refractivity contribution is 14.1. The Morgan fingerprint density at radius 3 is 2.44 bits per heavy atom. The van der Waals surface area contributed by atoms with Gasteiger partial charge in [-0.25, -0.2) is 0 Å². The summed E-state index contributed by atoms with van der Waals surface area (Å²) < 4.78 is 17.2. The molecule has 3 rings (SSSR count). The second kappa shape index (κ2) is 12.0. The lowest BCUT2D eigenvalue weighted by molar-refractivity contribution is -0.112. The van der Waals surface area contributed by atoms with Crippen molar-refractivity contribution in [3.63, 3.8) is 0 Å². The summed E-state index contributed by atoms with van der Waals surface area (Å²) >= 11 is 14.2. The smallest absolute Gasteiger partial charge is 0.266 e. The first-order valence-corrected chi connectivity index (χ1v) is 11.7. The van der Waals surface area contributed by atoms with Crippen LogP contribution in [0.4, 0.5) is 5.69 Å². The van der Waals surface area contributed by atoms with Gasteiger partial charge in [0.2, 0.25) is 0 Å². The average Bonchev–Trinajstić information content (AvgIpc) is 2.82. The van der Waals surface area contributed by atoms with Crippen LogP contribution in [0.5, 0.6) is 17.2 Å². The predicted octanol–water partition coefficient (Wildman–Crippen LogP) is 6.74. The van der Waals surface area contributed by atoms with Gasteiger partial charge in [0.15, 0.2) is 11.5 Å². The van der Waals surface area contributed by atoms with Crippen molar-refractivity contribution in [3.8, 4) is 23.3 Å². The van der Waals surface area contributed by atoms with Crippen LogP contribution in [0.15, 0.2) is 60.2 Å². The van der Waals surface area contributed by atoms with Gasteiger partial charge < -0.3 is 19.5 Å². The standard InChI is InChI=1S/C25H19Cl2IN2O4/c1-32-23-11-15(10-22(28)24(23)33-2)9-17(13-29)25(31)30-19-5-7-20(8-6-19)34-14-16-3-4-18(26)12-21(16)27/h3-12H,14H2,1-2H3,(H,30,31)/b17-9+. The quantitative estimate of drug-likeness (QED) is 0.174. The Bertz CT molecular complexity index is 1270. The van der Waals surface area contributed by atoms with Crippen LogP contribution in [0.1, 0.15) is 11.1 Å². The van der Waals surface area contributed by atoms with E-state index in [-0.39, 0.29) is 12.2 Å². The molecule has 0 atom stereocenters. The molecule has 0 aliphatic carbocycles. The number of benzene rings is 3. The minimum Gasteiger partial charge on any atom is -0.493 e. The molecule has 0 aliphatic heterocycles. The van der Waals surface area contributed by atoms with Crippen molar-refractivity contribution >= 4 is 63.5 Å². The van der Waals surface area contributed by atoms with Crippen LogP contribution in [0, 0.1) is 14.9 Å². The van der Waals surface area contributed by atoms with Crippen molar-refractivity contribution in [2.75, 3.05) is 19.5 Å². The van der Waals surface area contributed by atoms with Gasteiger partial charge in [-0.2, -0.15) is 5.26 Å². The molecule has 1 N–H and O–H groups in total. The van der Waals surface area contributed by atoms with Gasteiger partial charge >= 0.3 is 0 Å². The van der Waals surface area contributed by atoms with Crippen molar-refractivity contribution in [2.45, 2.75) is 6.61 Å². The van der Waals surface area contributed by atoms with Crippen LogP contribution in [0.2, 0.25) is 10.0 Å². The molecular formula is C25H19Cl2IN2O4. The fraction of sp³-hybridized carbons (Fsp3) is 0.120. The van der Waals surface area contributed by atoms with E-state index in [1.807, 2.05) is 6.07 Å². The van der Waals surface area contributed by atoms with Gasteiger partial charge in [0.1, 0.15) is 24.0 Å². The Kier molecular flexibility index (Phi) is 9.05. The number of amides is 1. The summed E-state index contributed by atoms with van der Waals surface area (Å²) in [5.74, 6) is 1.16. The summed E-state index contributed by atoms with van der Waals surface area (Å²) in [7, 11) is 3.07. The Morgan fingerprint density at radius 1 is 1.09 bits per heavy atom. The third kappa shape index (κ3) is 6.56. The molecule has 0 saturated carbocycles. The molecule has 9 heteroatoms. The van der Waals surface area contributed by atoms with E-state index in [2.05, 4.69) is 27.9 Å². The Hall–Kier alpha value is -2.93. The monoisotopic (exact) mass is 608 g/mol. The van der Waals surface area contributed by atoms with E-state index in [1.54, 1.807) is 61.7 Å². The van der Waals surface area contributed by atoms with Crippen molar-refractivity contribution < 1.29 is 19.0 Å². The molecule has 0 aliphatic rings. The normalized spacial score (nSPS) is 10.9. The van der Waals surface area contributed by atoms with E-state index >= 15 is 0 Å². The molecule has 3 aromatic carbocycles. The molecule has 34 heavy (non-hydrogen) atoms. The summed E-state index contributed by atoms with van der Waals surface area (Å²) in [5.41, 5.74) is 1.90. The van der Waals surface area contributed by atoms with Crippen molar-refractivity contribution in [1.29, 1.82) is 5.26 Å². The summed E-state index contributed by atoms with van der Waals surface area (Å²) in [4.78, 5) is 12.7. The molecule has 0 radical (unpaired) electrons. The van der Waals surface area contributed by atoms with Crippen LogP contribution < -0.4 is 19.5 Å². The van der Waals surface area contributed by atoms with Gasteiger partial charge in [-0.3, -0.25) is 4.79 Å². The maximum absolute atomic E-state index is 12.7. The Labute approximate surface area is 221 Å². The number of rotatable bonds is 8. The SMILES string of the molecule is COc1cc(/C=C(\C#N)C(=O)Nc2ccc(OCc3ccc(Cl)cc3Cl)cc2)cc(I)c1OC. The maximum atomic E-state index is 12.7. The number of anilines is 1. The van der Waals surface area contributed by atoms with E-state index < -0.39 is 5.91 Å². The lowest BCUT2D eigenvalue weighted by atomic mass is 10.1. The first-order chi connectivity index (χ1) is 16.3. The minimum atomic E-state index is -0.533. The zero-order valence-electron chi connectivity index (χ0n) is 18.2. The largest absolute Gasteiger partial charge is 0.493 e. The number of halogens is 3. The number of methoxy groups -OCH3 is 2. The van der Waals surface area contributed by atoms with Crippen LogP contribution in [-0.4, -0.2) is 20.1 Å². The molecule has 3 aromatic rings. The van der Waals surface area contributed by atoms with E-state index in [0.717, 1.165) is 9.13 Å². The molecule has 0 heterocycles. The Balaban J connectivity index is 1.68. The van der Waals surface area contributed by atoms with Gasteiger partial charge in [-0.05, 0) is 82.8 Å². The minimum absolute atomic E-state index is 0.0549. The molecule has 0 bridgehead atoms. The molecular weight excluding hydrogens is 590 g/mol. The van der Waals surface area contributed by atoms with Crippen LogP contribution in [0.3, 0.4) is 0 Å². The first kappa shape index (κ1) is 25.7. The fourth-order valence-corrected chi connectivity index (χ4v) is 4.28. The number of ether oxygens (including phenoxy) is 3. The van der Waals surface area contributed by atoms with Gasteiger partial charge in [-0.15, -0.1) is 0 Å². The van der Waals surface area contributed by atoms with Gasteiger partial charge in [0.25, 0.3) is 5.91 Å². The average molecular weight is 609 g/mol. The molecule has 1 amide bonds. The summed E-state index contributed by atoms with van der Waals surface area (Å²) in [6.07, 6.45) is 1.49. The number of nitrogens with one attached hydrogen (secondary N) is 1. The highest BCUT2D eigenvalue weighted by Crippen LogP contribution is 2.34. The van der Waals surface area contributed by atoms with Crippen LogP contribution in [0.25, 0.3) is 6.08 Å². The lowest BCUT2D eigenvalue weighted by Gasteiger charge is -2.11. The number of nitriles is 1. The van der Waals surface area contributed by atoms with Crippen molar-refractivity contribution in [3.05, 3.63) is 84.9 Å². The molecule has 0 aromatic heterocycles. The number of nitrogens with zero attached hydrogens (tertiary/aromatic N) is 1. The predicted molar refractivity (Wildman–Crippen MR) is 142 cm³/mol. The van der Waals surface area contributed by atoms with Crippen LogP contribution >= 0.6 is 45.8 Å². The van der Waals surface area contributed by atoms with E-state index in [0.29, 0.717) is 38.5 Å². The second-order valence-corrected chi connectivity index (χ2v) is 8.92. The summed E-state index contributed by atoms with van der Waals surface area (Å²) in [5, 5.41) is 13.3. The highest BCUT2D eigenvalue weighted by atomic mass is 127. The van der Waals surface area contributed by atoms with Gasteiger partial charge in [-0.1, -0.05) is 29.3 Å². The lowest BCUT2D eigenvalue weighted by Crippen LogP contribution is -2.13. The van der Waals surface area contributed by atoms with E-state index in [9.17, 15) is 10.1 Å². The molecule has 0 fully saturated rings. The third-order valence-corrected chi connectivity index (χ3v) is 6.04. The van der Waals surface area contributed by atoms with Crippen molar-refractivity contribution in [1.82, 2.24) is 0 Å². The summed E-state index contributed by atoms with van der Waals surface area (Å²) in [6, 6.07) is 17.4. The zero-order chi connectivity index (χ0) is 24.7. The molecule has 0 unspecified atom stereocenters. The number of hydrogen-bond acceptors (Lipinski definition) is 5. The first-order valence-electron chi connectivity index (χ1n) is 9.86. The number of carbonyl (C=O) groups excluding carboxylic acids is 1. The second-order valence-electron chi connectivity index (χ2n) is 6.91. The molecule has 0 saturated heterocycles. The van der Waals surface area contributed by atoms with Crippen LogP contribution in [-0.2, 0) is 11.4 Å². The summed E-state index contributed by atoms with van der Waals surface area (Å²) in [6.45, 7) is 0.271. The fourth-order valence-electron chi connectivity index (χ4n) is 2.97. The molecule has 0 spiro atoms. The number of carbonyl (C=O) groups is 1. The third-order valence-electron chi connectivity index (χ3n) is 4.65. The van der Waals surface area contributed by atoms with E-state index in [1.165, 1.54) is 13.2 Å². The molecule has 6 nitrogen and oxygen atoms in total. The highest BCUT2D eigenvalue weighted by Gasteiger charge is 2.13. The molecule has 174 valence electrons.